The van der Waals surface area contributed by atoms with Gasteiger partial charge < -0.3 is 10.6 Å². The van der Waals surface area contributed by atoms with Gasteiger partial charge in [-0.2, -0.15) is 4.98 Å². The standard InChI is InChI=1S/C19H18ClFN4/c1-12-9-13(2)18(16(20)10-12)24-17-7-8-22-19(25-17)23-11-14-3-5-15(21)6-4-14/h3-10H,11H2,1-2H3,(H2,22,23,24,25). The number of nitrogens with one attached hydrogen (secondary N) is 2. The first-order valence-electron chi connectivity index (χ1n) is 7.86. The lowest BCUT2D eigenvalue weighted by Crippen LogP contribution is -2.05. The molecule has 1 aromatic heterocycles. The zero-order valence-electron chi connectivity index (χ0n) is 14.0. The Morgan fingerprint density at radius 1 is 1.08 bits per heavy atom. The van der Waals surface area contributed by atoms with Crippen molar-refractivity contribution in [2.75, 3.05) is 10.6 Å². The highest BCUT2D eigenvalue weighted by molar-refractivity contribution is 6.33. The third-order valence-corrected chi connectivity index (χ3v) is 4.00. The molecule has 3 rings (SSSR count). The molecule has 6 heteroatoms. The Kier molecular flexibility index (Phi) is 5.14. The van der Waals surface area contributed by atoms with Crippen molar-refractivity contribution < 1.29 is 4.39 Å². The van der Waals surface area contributed by atoms with Gasteiger partial charge in [-0.15, -0.1) is 0 Å². The summed E-state index contributed by atoms with van der Waals surface area (Å²) in [7, 11) is 0. The molecule has 4 nitrogen and oxygen atoms in total. The van der Waals surface area contributed by atoms with Crippen LogP contribution in [0.4, 0.5) is 21.8 Å². The summed E-state index contributed by atoms with van der Waals surface area (Å²) in [6.45, 7) is 4.51. The number of nitrogens with zero attached hydrogens (tertiary/aromatic N) is 2. The Balaban J connectivity index is 1.72. The molecule has 0 spiro atoms. The molecular weight excluding hydrogens is 339 g/mol. The van der Waals surface area contributed by atoms with Crippen molar-refractivity contribution >= 4 is 29.1 Å². The van der Waals surface area contributed by atoms with Crippen LogP contribution in [0, 0.1) is 19.7 Å². The van der Waals surface area contributed by atoms with E-state index in [1.807, 2.05) is 19.9 Å². The smallest absolute Gasteiger partial charge is 0.224 e. The number of rotatable bonds is 5. The van der Waals surface area contributed by atoms with Crippen molar-refractivity contribution in [3.8, 4) is 0 Å². The van der Waals surface area contributed by atoms with E-state index in [9.17, 15) is 4.39 Å². The molecule has 0 aliphatic carbocycles. The number of hydrogen-bond acceptors (Lipinski definition) is 4. The van der Waals surface area contributed by atoms with E-state index in [0.29, 0.717) is 23.3 Å². The van der Waals surface area contributed by atoms with Crippen LogP contribution in [0.25, 0.3) is 0 Å². The zero-order chi connectivity index (χ0) is 17.8. The van der Waals surface area contributed by atoms with Crippen molar-refractivity contribution in [2.24, 2.45) is 0 Å². The largest absolute Gasteiger partial charge is 0.350 e. The Morgan fingerprint density at radius 3 is 2.56 bits per heavy atom. The molecule has 0 aliphatic rings. The molecule has 1 heterocycles. The van der Waals surface area contributed by atoms with Crippen LogP contribution >= 0.6 is 11.6 Å². The molecule has 0 aliphatic heterocycles. The summed E-state index contributed by atoms with van der Waals surface area (Å²) in [5, 5.41) is 7.02. The second-order valence-electron chi connectivity index (χ2n) is 5.81. The first-order valence-corrected chi connectivity index (χ1v) is 8.24. The average molecular weight is 357 g/mol. The van der Waals surface area contributed by atoms with Crippen LogP contribution in [0.1, 0.15) is 16.7 Å². The molecule has 128 valence electrons. The summed E-state index contributed by atoms with van der Waals surface area (Å²) in [5.74, 6) is 0.872. The predicted molar refractivity (Wildman–Crippen MR) is 100.0 cm³/mol. The molecule has 0 fully saturated rings. The van der Waals surface area contributed by atoms with Crippen LogP contribution in [0.5, 0.6) is 0 Å². The van der Waals surface area contributed by atoms with Gasteiger partial charge in [-0.3, -0.25) is 0 Å². The third kappa shape index (κ3) is 4.45. The minimum atomic E-state index is -0.253. The first kappa shape index (κ1) is 17.2. The van der Waals surface area contributed by atoms with Crippen molar-refractivity contribution in [2.45, 2.75) is 20.4 Å². The van der Waals surface area contributed by atoms with E-state index in [4.69, 9.17) is 11.6 Å². The minimum Gasteiger partial charge on any atom is -0.350 e. The number of halogens is 2. The molecule has 3 aromatic rings. The van der Waals surface area contributed by atoms with Gasteiger partial charge in [0.2, 0.25) is 5.95 Å². The normalized spacial score (nSPS) is 10.6. The van der Waals surface area contributed by atoms with Gasteiger partial charge in [-0.05, 0) is 54.8 Å². The highest BCUT2D eigenvalue weighted by Gasteiger charge is 2.07. The maximum Gasteiger partial charge on any atom is 0.224 e. The maximum atomic E-state index is 12.9. The van der Waals surface area contributed by atoms with Gasteiger partial charge in [0.1, 0.15) is 11.6 Å². The monoisotopic (exact) mass is 356 g/mol. The molecule has 0 saturated heterocycles. The summed E-state index contributed by atoms with van der Waals surface area (Å²) in [4.78, 5) is 8.64. The van der Waals surface area contributed by atoms with Gasteiger partial charge in [0.15, 0.2) is 0 Å². The van der Waals surface area contributed by atoms with E-state index in [1.165, 1.54) is 12.1 Å². The Labute approximate surface area is 151 Å². The Hall–Kier alpha value is -2.66. The molecule has 0 bridgehead atoms. The fraction of sp³-hybridized carbons (Fsp3) is 0.158. The van der Waals surface area contributed by atoms with E-state index >= 15 is 0 Å². The molecule has 2 aromatic carbocycles. The molecule has 0 radical (unpaired) electrons. The van der Waals surface area contributed by atoms with E-state index in [2.05, 4.69) is 26.7 Å². The summed E-state index contributed by atoms with van der Waals surface area (Å²) in [6, 6.07) is 12.0. The summed E-state index contributed by atoms with van der Waals surface area (Å²) < 4.78 is 12.9. The van der Waals surface area contributed by atoms with Crippen molar-refractivity contribution in [3.05, 3.63) is 76.2 Å². The van der Waals surface area contributed by atoms with Gasteiger partial charge in [0.25, 0.3) is 0 Å². The number of aromatic nitrogens is 2. The second kappa shape index (κ2) is 7.49. The Morgan fingerprint density at radius 2 is 1.84 bits per heavy atom. The Bertz CT molecular complexity index is 858. The van der Waals surface area contributed by atoms with Crippen LogP contribution < -0.4 is 10.6 Å². The zero-order valence-corrected chi connectivity index (χ0v) is 14.7. The number of benzene rings is 2. The van der Waals surface area contributed by atoms with Crippen molar-refractivity contribution in [1.82, 2.24) is 9.97 Å². The first-order chi connectivity index (χ1) is 12.0. The SMILES string of the molecule is Cc1cc(C)c(Nc2ccnc(NCc3ccc(F)cc3)n2)c(Cl)c1. The molecule has 2 N–H and O–H groups in total. The van der Waals surface area contributed by atoms with Gasteiger partial charge >= 0.3 is 0 Å². The molecular formula is C19H18ClFN4. The number of hydrogen-bond donors (Lipinski definition) is 2. The van der Waals surface area contributed by atoms with Crippen LogP contribution in [-0.4, -0.2) is 9.97 Å². The number of anilines is 3. The topological polar surface area (TPSA) is 49.8 Å². The second-order valence-corrected chi connectivity index (χ2v) is 6.22. The highest BCUT2D eigenvalue weighted by atomic mass is 35.5. The van der Waals surface area contributed by atoms with E-state index in [1.54, 1.807) is 24.4 Å². The lowest BCUT2D eigenvalue weighted by molar-refractivity contribution is 0.627. The van der Waals surface area contributed by atoms with E-state index < -0.39 is 0 Å². The average Bonchev–Trinajstić information content (AvgIpc) is 2.58. The molecule has 0 atom stereocenters. The number of aryl methyl sites for hydroxylation is 2. The summed E-state index contributed by atoms with van der Waals surface area (Å²) in [6.07, 6.45) is 1.67. The highest BCUT2D eigenvalue weighted by Crippen LogP contribution is 2.29. The molecule has 0 saturated carbocycles. The van der Waals surface area contributed by atoms with Crippen molar-refractivity contribution in [1.29, 1.82) is 0 Å². The van der Waals surface area contributed by atoms with Crippen LogP contribution in [0.3, 0.4) is 0 Å². The van der Waals surface area contributed by atoms with Crippen LogP contribution in [-0.2, 0) is 6.54 Å². The quantitative estimate of drug-likeness (QED) is 0.656. The van der Waals surface area contributed by atoms with Gasteiger partial charge in [0.05, 0.1) is 10.7 Å². The van der Waals surface area contributed by atoms with Gasteiger partial charge in [-0.1, -0.05) is 29.8 Å². The van der Waals surface area contributed by atoms with Gasteiger partial charge in [0, 0.05) is 12.7 Å². The fourth-order valence-electron chi connectivity index (χ4n) is 2.50. The fourth-order valence-corrected chi connectivity index (χ4v) is 2.87. The van der Waals surface area contributed by atoms with Crippen molar-refractivity contribution in [3.63, 3.8) is 0 Å². The molecule has 0 unspecified atom stereocenters. The molecule has 25 heavy (non-hydrogen) atoms. The third-order valence-electron chi connectivity index (χ3n) is 3.70. The van der Waals surface area contributed by atoms with E-state index in [-0.39, 0.29) is 5.82 Å². The lowest BCUT2D eigenvalue weighted by Gasteiger charge is -2.13. The van der Waals surface area contributed by atoms with Crippen LogP contribution in [0.2, 0.25) is 5.02 Å². The van der Waals surface area contributed by atoms with Crippen LogP contribution in [0.15, 0.2) is 48.7 Å². The minimum absolute atomic E-state index is 0.253. The lowest BCUT2D eigenvalue weighted by atomic mass is 10.1. The summed E-state index contributed by atoms with van der Waals surface area (Å²) in [5.41, 5.74) is 3.93. The maximum absolute atomic E-state index is 12.9. The van der Waals surface area contributed by atoms with Gasteiger partial charge in [-0.25, -0.2) is 9.37 Å². The summed E-state index contributed by atoms with van der Waals surface area (Å²) >= 11 is 6.33. The van der Waals surface area contributed by atoms with E-state index in [0.717, 1.165) is 22.4 Å². The predicted octanol–water partition coefficient (Wildman–Crippen LogP) is 5.24. The molecule has 0 amide bonds.